The van der Waals surface area contributed by atoms with E-state index in [2.05, 4.69) is 5.32 Å². The van der Waals surface area contributed by atoms with Crippen LogP contribution in [0.1, 0.15) is 33.2 Å². The van der Waals surface area contributed by atoms with Gasteiger partial charge in [-0.15, -0.1) is 0 Å². The van der Waals surface area contributed by atoms with Crippen molar-refractivity contribution in [3.63, 3.8) is 0 Å². The molecule has 4 rings (SSSR count). The Morgan fingerprint density at radius 1 is 0.923 bits per heavy atom. The number of benzene rings is 2. The summed E-state index contributed by atoms with van der Waals surface area (Å²) in [6, 6.07) is 14.4. The molecule has 2 atom stereocenters. The fourth-order valence-corrected chi connectivity index (χ4v) is 3.59. The standard InChI is InChI=1S/C22H20N2O2/c1-12-7-9-14(10-8-12)24-17-11-13(2)20(23)19-18(17)21(25)15-5-3-4-6-16(15)22(19)26/h3-11,13,20,24H,23H2,1-2H3. The van der Waals surface area contributed by atoms with E-state index in [1.165, 1.54) is 0 Å². The van der Waals surface area contributed by atoms with E-state index in [1.807, 2.05) is 44.2 Å². The number of Topliss-reactive ketones (excluding diaryl/α,β-unsaturated/α-hetero) is 2. The average Bonchev–Trinajstić information content (AvgIpc) is 2.64. The summed E-state index contributed by atoms with van der Waals surface area (Å²) < 4.78 is 0. The van der Waals surface area contributed by atoms with Crippen molar-refractivity contribution in [2.45, 2.75) is 19.9 Å². The third kappa shape index (κ3) is 2.50. The van der Waals surface area contributed by atoms with Gasteiger partial charge in [0, 0.05) is 34.1 Å². The molecule has 0 saturated heterocycles. The lowest BCUT2D eigenvalue weighted by Crippen LogP contribution is -2.41. The molecule has 0 radical (unpaired) electrons. The number of anilines is 1. The zero-order valence-electron chi connectivity index (χ0n) is 14.7. The van der Waals surface area contributed by atoms with Crippen molar-refractivity contribution in [2.75, 3.05) is 5.32 Å². The van der Waals surface area contributed by atoms with Crippen LogP contribution in [0.5, 0.6) is 0 Å². The van der Waals surface area contributed by atoms with Gasteiger partial charge in [0.15, 0.2) is 11.6 Å². The minimum Gasteiger partial charge on any atom is -0.355 e. The molecule has 0 amide bonds. The number of allylic oxidation sites excluding steroid dienone is 1. The Bertz CT molecular complexity index is 983. The van der Waals surface area contributed by atoms with Gasteiger partial charge in [-0.3, -0.25) is 9.59 Å². The molecule has 0 bridgehead atoms. The van der Waals surface area contributed by atoms with Crippen molar-refractivity contribution in [1.29, 1.82) is 0 Å². The predicted molar refractivity (Wildman–Crippen MR) is 102 cm³/mol. The molecule has 0 fully saturated rings. The maximum atomic E-state index is 13.2. The van der Waals surface area contributed by atoms with E-state index in [4.69, 9.17) is 5.73 Å². The van der Waals surface area contributed by atoms with Crippen LogP contribution in [0.2, 0.25) is 0 Å². The Balaban J connectivity index is 1.83. The molecule has 4 nitrogen and oxygen atoms in total. The first-order valence-corrected chi connectivity index (χ1v) is 8.71. The van der Waals surface area contributed by atoms with Crippen molar-refractivity contribution in [2.24, 2.45) is 11.7 Å². The van der Waals surface area contributed by atoms with E-state index < -0.39 is 6.04 Å². The molecular formula is C22H20N2O2. The molecule has 0 spiro atoms. The van der Waals surface area contributed by atoms with Gasteiger partial charge in [0.25, 0.3) is 0 Å². The van der Waals surface area contributed by atoms with Crippen molar-refractivity contribution >= 4 is 17.3 Å². The van der Waals surface area contributed by atoms with Gasteiger partial charge in [-0.25, -0.2) is 0 Å². The van der Waals surface area contributed by atoms with Crippen LogP contribution in [-0.2, 0) is 0 Å². The number of aryl methyl sites for hydroxylation is 1. The number of hydrogen-bond acceptors (Lipinski definition) is 4. The maximum Gasteiger partial charge on any atom is 0.196 e. The van der Waals surface area contributed by atoms with Crippen LogP contribution in [0.4, 0.5) is 5.69 Å². The van der Waals surface area contributed by atoms with Crippen LogP contribution in [0.3, 0.4) is 0 Å². The van der Waals surface area contributed by atoms with Gasteiger partial charge in [0.05, 0.1) is 5.57 Å². The predicted octanol–water partition coefficient (Wildman–Crippen LogP) is 3.64. The Morgan fingerprint density at radius 3 is 2.19 bits per heavy atom. The first-order chi connectivity index (χ1) is 12.5. The molecule has 2 unspecified atom stereocenters. The quantitative estimate of drug-likeness (QED) is 0.872. The fourth-order valence-electron chi connectivity index (χ4n) is 3.59. The summed E-state index contributed by atoms with van der Waals surface area (Å²) in [4.78, 5) is 26.2. The minimum atomic E-state index is -0.488. The second-order valence-corrected chi connectivity index (χ2v) is 6.95. The van der Waals surface area contributed by atoms with E-state index >= 15 is 0 Å². The summed E-state index contributed by atoms with van der Waals surface area (Å²) in [6.07, 6.45) is 1.95. The lowest BCUT2D eigenvalue weighted by Gasteiger charge is -2.33. The topological polar surface area (TPSA) is 72.2 Å². The Hall–Kier alpha value is -2.98. The molecule has 2 aliphatic carbocycles. The van der Waals surface area contributed by atoms with E-state index in [0.717, 1.165) is 11.3 Å². The lowest BCUT2D eigenvalue weighted by atomic mass is 9.74. The second kappa shape index (κ2) is 6.07. The van der Waals surface area contributed by atoms with E-state index in [-0.39, 0.29) is 17.5 Å². The molecule has 2 aliphatic rings. The number of carbonyl (C=O) groups is 2. The van der Waals surface area contributed by atoms with E-state index in [1.54, 1.807) is 24.3 Å². The van der Waals surface area contributed by atoms with Crippen LogP contribution in [0.25, 0.3) is 0 Å². The third-order valence-corrected chi connectivity index (χ3v) is 5.09. The highest BCUT2D eigenvalue weighted by atomic mass is 16.1. The number of nitrogens with one attached hydrogen (secondary N) is 1. The first-order valence-electron chi connectivity index (χ1n) is 8.71. The summed E-state index contributed by atoms with van der Waals surface area (Å²) in [5, 5.41) is 3.31. The SMILES string of the molecule is Cc1ccc(NC2=CC(C)C(N)C3=C2C(=O)c2ccccc2C3=O)cc1. The van der Waals surface area contributed by atoms with Gasteiger partial charge >= 0.3 is 0 Å². The molecule has 0 aliphatic heterocycles. The smallest absolute Gasteiger partial charge is 0.196 e. The number of fused-ring (bicyclic) bond motifs is 1. The molecule has 0 saturated carbocycles. The van der Waals surface area contributed by atoms with E-state index in [9.17, 15) is 9.59 Å². The Kier molecular flexibility index (Phi) is 3.85. The maximum absolute atomic E-state index is 13.2. The van der Waals surface area contributed by atoms with Crippen LogP contribution in [0, 0.1) is 12.8 Å². The summed E-state index contributed by atoms with van der Waals surface area (Å²) in [7, 11) is 0. The van der Waals surface area contributed by atoms with Crippen molar-refractivity contribution < 1.29 is 9.59 Å². The van der Waals surface area contributed by atoms with Gasteiger partial charge in [-0.1, -0.05) is 55.0 Å². The Labute approximate surface area is 152 Å². The molecule has 0 aromatic heterocycles. The van der Waals surface area contributed by atoms with Gasteiger partial charge in [-0.05, 0) is 25.0 Å². The van der Waals surface area contributed by atoms with Crippen LogP contribution >= 0.6 is 0 Å². The molecule has 0 heterocycles. The monoisotopic (exact) mass is 344 g/mol. The average molecular weight is 344 g/mol. The number of rotatable bonds is 2. The minimum absolute atomic E-state index is 0.0521. The highest BCUT2D eigenvalue weighted by Gasteiger charge is 2.40. The van der Waals surface area contributed by atoms with Crippen molar-refractivity contribution in [3.8, 4) is 0 Å². The number of carbonyl (C=O) groups excluding carboxylic acids is 2. The highest BCUT2D eigenvalue weighted by Crippen LogP contribution is 2.37. The summed E-state index contributed by atoms with van der Waals surface area (Å²) in [5.41, 5.74) is 10.7. The normalized spacial score (nSPS) is 21.9. The molecule has 3 N–H and O–H groups in total. The number of ketones is 2. The molecule has 2 aromatic carbocycles. The summed E-state index contributed by atoms with van der Waals surface area (Å²) in [5.74, 6) is -0.349. The number of hydrogen-bond donors (Lipinski definition) is 2. The van der Waals surface area contributed by atoms with Gasteiger partial charge in [0.1, 0.15) is 0 Å². The largest absolute Gasteiger partial charge is 0.355 e. The molecule has 2 aromatic rings. The van der Waals surface area contributed by atoms with Crippen molar-refractivity contribution in [3.05, 3.63) is 88.1 Å². The van der Waals surface area contributed by atoms with Gasteiger partial charge < -0.3 is 11.1 Å². The zero-order valence-corrected chi connectivity index (χ0v) is 14.7. The van der Waals surface area contributed by atoms with E-state index in [0.29, 0.717) is 28.0 Å². The van der Waals surface area contributed by atoms with Gasteiger partial charge in [0.2, 0.25) is 0 Å². The van der Waals surface area contributed by atoms with Gasteiger partial charge in [-0.2, -0.15) is 0 Å². The van der Waals surface area contributed by atoms with Crippen LogP contribution in [0.15, 0.2) is 71.5 Å². The second-order valence-electron chi connectivity index (χ2n) is 6.95. The van der Waals surface area contributed by atoms with Crippen LogP contribution in [-0.4, -0.2) is 17.6 Å². The molecular weight excluding hydrogens is 324 g/mol. The zero-order chi connectivity index (χ0) is 18.4. The molecule has 26 heavy (non-hydrogen) atoms. The number of nitrogens with two attached hydrogens (primary N) is 1. The summed E-state index contributed by atoms with van der Waals surface area (Å²) in [6.45, 7) is 3.98. The molecule has 4 heteroatoms. The lowest BCUT2D eigenvalue weighted by molar-refractivity contribution is 0.0968. The third-order valence-electron chi connectivity index (χ3n) is 5.09. The Morgan fingerprint density at radius 2 is 1.54 bits per heavy atom. The first kappa shape index (κ1) is 16.5. The highest BCUT2D eigenvalue weighted by molar-refractivity contribution is 6.29. The fraction of sp³-hybridized carbons (Fsp3) is 0.182. The summed E-state index contributed by atoms with van der Waals surface area (Å²) >= 11 is 0. The van der Waals surface area contributed by atoms with Crippen molar-refractivity contribution in [1.82, 2.24) is 0 Å². The van der Waals surface area contributed by atoms with Crippen LogP contribution < -0.4 is 11.1 Å². The molecule has 130 valence electrons.